The minimum atomic E-state index is -0.0912. The van der Waals surface area contributed by atoms with Crippen molar-refractivity contribution in [1.29, 1.82) is 0 Å². The van der Waals surface area contributed by atoms with E-state index >= 15 is 0 Å². The number of rotatable bonds is 3. The summed E-state index contributed by atoms with van der Waals surface area (Å²) in [6.45, 7) is 9.62. The van der Waals surface area contributed by atoms with Crippen LogP contribution in [-0.4, -0.2) is 11.4 Å². The largest absolute Gasteiger partial charge is 0.456 e. The molecule has 0 fully saturated rings. The van der Waals surface area contributed by atoms with Gasteiger partial charge in [0.1, 0.15) is 11.3 Å². The summed E-state index contributed by atoms with van der Waals surface area (Å²) < 4.78 is 9.35. The van der Waals surface area contributed by atoms with Crippen LogP contribution in [-0.2, 0) is 10.8 Å². The summed E-state index contributed by atoms with van der Waals surface area (Å²) in [7, 11) is 0. The van der Waals surface area contributed by atoms with E-state index in [0.29, 0.717) is 0 Å². The van der Waals surface area contributed by atoms with E-state index in [1.807, 2.05) is 0 Å². The van der Waals surface area contributed by atoms with Gasteiger partial charge in [-0.05, 0) is 111 Å². The summed E-state index contributed by atoms with van der Waals surface area (Å²) in [6, 6.07) is 56.4. The van der Waals surface area contributed by atoms with Crippen LogP contribution < -0.4 is 15.7 Å². The number of benzene rings is 7. The van der Waals surface area contributed by atoms with Gasteiger partial charge in [-0.25, -0.2) is 0 Å². The fraction of sp³-hybridized carbons (Fsp3) is 0.154. The van der Waals surface area contributed by atoms with Gasteiger partial charge in [-0.1, -0.05) is 131 Å². The van der Waals surface area contributed by atoms with Crippen LogP contribution in [0.4, 0.5) is 11.4 Å². The van der Waals surface area contributed by atoms with Crippen LogP contribution in [0.15, 0.2) is 156 Å². The van der Waals surface area contributed by atoms with E-state index in [-0.39, 0.29) is 17.7 Å². The molecule has 0 bridgehead atoms. The second-order valence-electron chi connectivity index (χ2n) is 17.5. The standard InChI is InChI=1S/C52H41BN2O/c1-51(2)25-26-52(3,4)41-29-35(23-24-40(41)51)55-44-22-14-11-19-36(44)39-30-38(32-15-7-5-8-16-32)48-37-20-12-13-21-43(37)54-45-27-34-28-46(33-17-9-6-10-18-33)56-47(34)31-42(45)53(55)49(39)50(48)54/h5-24,27-31H,25-26H2,1-4H3. The van der Waals surface area contributed by atoms with Crippen molar-refractivity contribution in [2.45, 2.75) is 51.4 Å². The third kappa shape index (κ3) is 4.30. The Labute approximate surface area is 327 Å². The summed E-state index contributed by atoms with van der Waals surface area (Å²) in [6.07, 6.45) is 2.37. The molecule has 9 aromatic rings. The molecular weight excluding hydrogens is 679 g/mol. The molecule has 0 N–H and O–H groups in total. The van der Waals surface area contributed by atoms with Crippen molar-refractivity contribution in [3.63, 3.8) is 0 Å². The zero-order valence-corrected chi connectivity index (χ0v) is 32.2. The molecule has 4 heteroatoms. The van der Waals surface area contributed by atoms with Crippen LogP contribution in [0.25, 0.3) is 72.0 Å². The number of hydrogen-bond acceptors (Lipinski definition) is 2. The van der Waals surface area contributed by atoms with Crippen molar-refractivity contribution in [2.75, 3.05) is 4.81 Å². The van der Waals surface area contributed by atoms with E-state index in [0.717, 1.165) is 22.3 Å². The van der Waals surface area contributed by atoms with E-state index in [9.17, 15) is 0 Å². The van der Waals surface area contributed by atoms with Gasteiger partial charge in [0.2, 0.25) is 0 Å². The molecule has 0 spiro atoms. The predicted octanol–water partition coefficient (Wildman–Crippen LogP) is 12.5. The molecule has 4 heterocycles. The van der Waals surface area contributed by atoms with Crippen LogP contribution in [0.2, 0.25) is 0 Å². The maximum absolute atomic E-state index is 6.78. The zero-order chi connectivity index (χ0) is 37.5. The Kier molecular flexibility index (Phi) is 6.39. The van der Waals surface area contributed by atoms with Crippen molar-refractivity contribution >= 4 is 61.9 Å². The molecule has 2 aliphatic heterocycles. The topological polar surface area (TPSA) is 21.3 Å². The average molecular weight is 721 g/mol. The van der Waals surface area contributed by atoms with Gasteiger partial charge in [0.25, 0.3) is 0 Å². The molecule has 3 aliphatic rings. The highest BCUT2D eigenvalue weighted by molar-refractivity contribution is 6.94. The van der Waals surface area contributed by atoms with Crippen LogP contribution in [0.1, 0.15) is 51.7 Å². The maximum Gasteiger partial charge on any atom is 0.333 e. The van der Waals surface area contributed by atoms with E-state index < -0.39 is 0 Å². The van der Waals surface area contributed by atoms with Crippen molar-refractivity contribution in [1.82, 2.24) is 4.57 Å². The lowest BCUT2D eigenvalue weighted by Gasteiger charge is -2.45. The number of anilines is 2. The Morgan fingerprint density at radius 2 is 1.27 bits per heavy atom. The molecule has 3 nitrogen and oxygen atoms in total. The molecule has 1 aliphatic carbocycles. The number of para-hydroxylation sites is 2. The van der Waals surface area contributed by atoms with Crippen LogP contribution in [0.5, 0.6) is 0 Å². The first kappa shape index (κ1) is 32.0. The Morgan fingerprint density at radius 1 is 0.571 bits per heavy atom. The quantitative estimate of drug-likeness (QED) is 0.170. The third-order valence-electron chi connectivity index (χ3n) is 13.4. The number of aromatic nitrogens is 1. The lowest BCUT2D eigenvalue weighted by atomic mass is 9.43. The summed E-state index contributed by atoms with van der Waals surface area (Å²) in [4.78, 5) is 2.66. The van der Waals surface area contributed by atoms with Gasteiger partial charge < -0.3 is 13.8 Å². The predicted molar refractivity (Wildman–Crippen MR) is 236 cm³/mol. The second-order valence-corrected chi connectivity index (χ2v) is 17.5. The molecule has 0 atom stereocenters. The average Bonchev–Trinajstić information content (AvgIpc) is 3.81. The maximum atomic E-state index is 6.78. The van der Waals surface area contributed by atoms with Crippen molar-refractivity contribution < 1.29 is 4.42 Å². The monoisotopic (exact) mass is 720 g/mol. The van der Waals surface area contributed by atoms with Crippen molar-refractivity contribution in [3.8, 4) is 39.3 Å². The normalized spacial score (nSPS) is 15.9. The minimum Gasteiger partial charge on any atom is -0.456 e. The molecule has 2 aromatic heterocycles. The smallest absolute Gasteiger partial charge is 0.333 e. The Hall–Kier alpha value is -6.26. The summed E-state index contributed by atoms with van der Waals surface area (Å²) >= 11 is 0. The number of fused-ring (bicyclic) bond motifs is 10. The van der Waals surface area contributed by atoms with Gasteiger partial charge >= 0.3 is 6.85 Å². The molecule has 0 amide bonds. The van der Waals surface area contributed by atoms with E-state index in [2.05, 4.69) is 189 Å². The van der Waals surface area contributed by atoms with E-state index in [1.54, 1.807) is 0 Å². The zero-order valence-electron chi connectivity index (χ0n) is 32.2. The lowest BCUT2D eigenvalue weighted by Crippen LogP contribution is -2.60. The highest BCUT2D eigenvalue weighted by Crippen LogP contribution is 2.51. The number of furan rings is 1. The third-order valence-corrected chi connectivity index (χ3v) is 13.4. The first-order valence-electron chi connectivity index (χ1n) is 20.1. The lowest BCUT2D eigenvalue weighted by molar-refractivity contribution is 0.332. The Balaban J connectivity index is 1.23. The van der Waals surface area contributed by atoms with E-state index in [4.69, 9.17) is 4.42 Å². The van der Waals surface area contributed by atoms with Crippen LogP contribution in [0, 0.1) is 0 Å². The fourth-order valence-corrected chi connectivity index (χ4v) is 10.5. The molecule has 268 valence electrons. The fourth-order valence-electron chi connectivity index (χ4n) is 10.5. The summed E-state index contributed by atoms with van der Waals surface area (Å²) in [5, 5.41) is 3.69. The molecule has 12 rings (SSSR count). The van der Waals surface area contributed by atoms with Crippen molar-refractivity contribution in [3.05, 3.63) is 163 Å². The first-order valence-corrected chi connectivity index (χ1v) is 20.1. The van der Waals surface area contributed by atoms with Gasteiger partial charge in [-0.2, -0.15) is 0 Å². The van der Waals surface area contributed by atoms with Gasteiger partial charge in [0, 0.05) is 44.3 Å². The molecular formula is C52H41BN2O. The summed E-state index contributed by atoms with van der Waals surface area (Å²) in [5.41, 5.74) is 19.0. The highest BCUT2D eigenvalue weighted by Gasteiger charge is 2.46. The molecule has 56 heavy (non-hydrogen) atoms. The summed E-state index contributed by atoms with van der Waals surface area (Å²) in [5.74, 6) is 0.889. The SMILES string of the molecule is CC1(C)CCC(C)(C)c2cc(N3B4c5cc6oc(-c7ccccc7)cc6cc5-n5c6ccccc6c6c(-c7ccccc7)cc(c4c65)-c4ccccc43)ccc21. The molecule has 7 aromatic carbocycles. The number of nitrogens with zero attached hydrogens (tertiary/aromatic N) is 2. The molecule has 0 saturated heterocycles. The second kappa shape index (κ2) is 11.2. The molecule has 0 radical (unpaired) electrons. The van der Waals surface area contributed by atoms with Crippen LogP contribution in [0.3, 0.4) is 0 Å². The highest BCUT2D eigenvalue weighted by atomic mass is 16.3. The van der Waals surface area contributed by atoms with Gasteiger partial charge in [0.05, 0.1) is 11.0 Å². The van der Waals surface area contributed by atoms with Crippen LogP contribution >= 0.6 is 0 Å². The van der Waals surface area contributed by atoms with E-state index in [1.165, 1.54) is 96.0 Å². The molecule has 0 unspecified atom stereocenters. The van der Waals surface area contributed by atoms with Crippen molar-refractivity contribution in [2.24, 2.45) is 0 Å². The Morgan fingerprint density at radius 3 is 2.07 bits per heavy atom. The van der Waals surface area contributed by atoms with Gasteiger partial charge in [0.15, 0.2) is 0 Å². The van der Waals surface area contributed by atoms with Gasteiger partial charge in [-0.15, -0.1) is 0 Å². The Bertz CT molecular complexity index is 3100. The first-order chi connectivity index (χ1) is 27.3. The van der Waals surface area contributed by atoms with Gasteiger partial charge in [-0.3, -0.25) is 0 Å². The molecule has 0 saturated carbocycles. The minimum absolute atomic E-state index is 0.0804. The number of hydrogen-bond donors (Lipinski definition) is 0.